The van der Waals surface area contributed by atoms with Crippen molar-refractivity contribution < 1.29 is 4.79 Å². The Bertz CT molecular complexity index is 1290. The Morgan fingerprint density at radius 1 is 1.00 bits per heavy atom. The van der Waals surface area contributed by atoms with Crippen LogP contribution in [0.2, 0.25) is 0 Å². The van der Waals surface area contributed by atoms with Crippen molar-refractivity contribution >= 4 is 22.5 Å². The van der Waals surface area contributed by atoms with Crippen LogP contribution in [-0.2, 0) is 11.8 Å². The number of amides is 1. The Hall–Kier alpha value is -3.74. The van der Waals surface area contributed by atoms with Gasteiger partial charge in [-0.2, -0.15) is 5.10 Å². The van der Waals surface area contributed by atoms with E-state index < -0.39 is 0 Å². The second kappa shape index (κ2) is 6.70. The highest BCUT2D eigenvalue weighted by atomic mass is 16.2. The van der Waals surface area contributed by atoms with Crippen molar-refractivity contribution in [1.29, 1.82) is 0 Å². The summed E-state index contributed by atoms with van der Waals surface area (Å²) in [5, 5.41) is 7.59. The van der Waals surface area contributed by atoms with Gasteiger partial charge in [0.2, 0.25) is 5.91 Å². The maximum atomic E-state index is 12.3. The van der Waals surface area contributed by atoms with Crippen molar-refractivity contribution in [2.45, 2.75) is 12.8 Å². The van der Waals surface area contributed by atoms with Crippen LogP contribution in [-0.4, -0.2) is 32.2 Å². The van der Waals surface area contributed by atoms with E-state index >= 15 is 0 Å². The topological polar surface area (TPSA) is 83.9 Å². The Labute approximate surface area is 166 Å². The first-order chi connectivity index (χ1) is 14.1. The SMILES string of the molecule is Cn1cc(-c2cncc(-c3ccc(N4CCCC4=O)cc3)c2)c2cn[nH]c2c1=O. The van der Waals surface area contributed by atoms with Gasteiger partial charge in [-0.05, 0) is 30.2 Å². The van der Waals surface area contributed by atoms with E-state index in [1.807, 2.05) is 41.6 Å². The number of carbonyl (C=O) groups excluding carboxylic acids is 1. The van der Waals surface area contributed by atoms with Gasteiger partial charge in [-0.1, -0.05) is 12.1 Å². The number of hydrogen-bond donors (Lipinski definition) is 1. The van der Waals surface area contributed by atoms with Crippen LogP contribution >= 0.6 is 0 Å². The van der Waals surface area contributed by atoms with Crippen LogP contribution in [0.25, 0.3) is 33.2 Å². The average molecular weight is 385 g/mol. The van der Waals surface area contributed by atoms with Crippen LogP contribution in [0.1, 0.15) is 12.8 Å². The number of nitrogens with one attached hydrogen (secondary N) is 1. The van der Waals surface area contributed by atoms with E-state index in [0.29, 0.717) is 11.9 Å². The van der Waals surface area contributed by atoms with Gasteiger partial charge in [0, 0.05) is 66.4 Å². The maximum Gasteiger partial charge on any atom is 0.276 e. The van der Waals surface area contributed by atoms with Gasteiger partial charge < -0.3 is 9.47 Å². The summed E-state index contributed by atoms with van der Waals surface area (Å²) in [5.41, 5.74) is 5.08. The molecule has 7 heteroatoms. The van der Waals surface area contributed by atoms with E-state index in [1.165, 1.54) is 0 Å². The van der Waals surface area contributed by atoms with Crippen molar-refractivity contribution in [2.75, 3.05) is 11.4 Å². The second-order valence-corrected chi connectivity index (χ2v) is 7.28. The van der Waals surface area contributed by atoms with Gasteiger partial charge in [0.05, 0.1) is 6.20 Å². The molecular formula is C22H19N5O2. The largest absolute Gasteiger partial charge is 0.316 e. The monoisotopic (exact) mass is 385 g/mol. The molecule has 0 unspecified atom stereocenters. The van der Waals surface area contributed by atoms with Crippen LogP contribution in [0.15, 0.2) is 59.9 Å². The number of pyridine rings is 2. The minimum atomic E-state index is -0.114. The van der Waals surface area contributed by atoms with Gasteiger partial charge in [-0.3, -0.25) is 19.7 Å². The third-order valence-corrected chi connectivity index (χ3v) is 5.42. The lowest BCUT2D eigenvalue weighted by Gasteiger charge is -2.16. The second-order valence-electron chi connectivity index (χ2n) is 7.28. The van der Waals surface area contributed by atoms with Crippen molar-refractivity contribution in [3.05, 3.63) is 65.5 Å². The molecule has 1 fully saturated rings. The van der Waals surface area contributed by atoms with Crippen LogP contribution in [0, 0.1) is 0 Å². The van der Waals surface area contributed by atoms with E-state index in [-0.39, 0.29) is 11.5 Å². The number of nitrogens with zero attached hydrogens (tertiary/aromatic N) is 4. The highest BCUT2D eigenvalue weighted by Gasteiger charge is 2.21. The van der Waals surface area contributed by atoms with Gasteiger partial charge >= 0.3 is 0 Å². The van der Waals surface area contributed by atoms with Gasteiger partial charge in [-0.15, -0.1) is 0 Å². The minimum absolute atomic E-state index is 0.114. The van der Waals surface area contributed by atoms with E-state index in [0.717, 1.165) is 46.3 Å². The number of aromatic nitrogens is 4. The van der Waals surface area contributed by atoms with Crippen molar-refractivity contribution in [3.8, 4) is 22.3 Å². The number of aryl methyl sites for hydroxylation is 1. The van der Waals surface area contributed by atoms with Crippen LogP contribution < -0.4 is 10.5 Å². The molecule has 1 aromatic carbocycles. The Balaban J connectivity index is 1.54. The van der Waals surface area contributed by atoms with Crippen molar-refractivity contribution in [2.24, 2.45) is 7.05 Å². The van der Waals surface area contributed by atoms with Gasteiger partial charge in [0.15, 0.2) is 0 Å². The number of aromatic amines is 1. The summed E-state index contributed by atoms with van der Waals surface area (Å²) >= 11 is 0. The normalized spacial score (nSPS) is 14.1. The summed E-state index contributed by atoms with van der Waals surface area (Å²) in [6.45, 7) is 0.780. The van der Waals surface area contributed by atoms with Gasteiger partial charge in [-0.25, -0.2) is 0 Å². The molecule has 5 rings (SSSR count). The minimum Gasteiger partial charge on any atom is -0.316 e. The fraction of sp³-hybridized carbons (Fsp3) is 0.182. The predicted octanol–water partition coefficient (Wildman–Crippen LogP) is 3.12. The molecule has 29 heavy (non-hydrogen) atoms. The summed E-state index contributed by atoms with van der Waals surface area (Å²) < 4.78 is 1.55. The number of fused-ring (bicyclic) bond motifs is 1. The molecule has 0 radical (unpaired) electrons. The summed E-state index contributed by atoms with van der Waals surface area (Å²) in [6.07, 6.45) is 8.61. The standard InChI is InChI=1S/C22H19N5O2/c1-26-13-19(18-12-24-25-21(18)22(26)29)16-9-15(10-23-11-16)14-4-6-17(7-5-14)27-8-2-3-20(27)28/h4-7,9-13H,2-3,8H2,1H3,(H,24,25). The fourth-order valence-electron chi connectivity index (χ4n) is 3.88. The molecule has 0 spiro atoms. The zero-order chi connectivity index (χ0) is 20.0. The molecule has 0 bridgehead atoms. The van der Waals surface area contributed by atoms with Gasteiger partial charge in [0.25, 0.3) is 5.56 Å². The molecule has 0 aliphatic carbocycles. The lowest BCUT2D eigenvalue weighted by Crippen LogP contribution is -2.23. The molecular weight excluding hydrogens is 366 g/mol. The molecule has 0 atom stereocenters. The zero-order valence-corrected chi connectivity index (χ0v) is 15.9. The molecule has 144 valence electrons. The smallest absolute Gasteiger partial charge is 0.276 e. The molecule has 7 nitrogen and oxygen atoms in total. The summed E-state index contributed by atoms with van der Waals surface area (Å²) in [5.74, 6) is 0.181. The number of rotatable bonds is 3. The Morgan fingerprint density at radius 3 is 2.55 bits per heavy atom. The maximum absolute atomic E-state index is 12.3. The number of H-pyrrole nitrogens is 1. The quantitative estimate of drug-likeness (QED) is 0.587. The van der Waals surface area contributed by atoms with Crippen LogP contribution in [0.5, 0.6) is 0 Å². The summed E-state index contributed by atoms with van der Waals surface area (Å²) in [4.78, 5) is 30.5. The van der Waals surface area contributed by atoms with E-state index in [1.54, 1.807) is 24.0 Å². The highest BCUT2D eigenvalue weighted by molar-refractivity contribution is 5.96. The zero-order valence-electron chi connectivity index (χ0n) is 15.9. The molecule has 0 saturated carbocycles. The molecule has 4 aromatic rings. The summed E-state index contributed by atoms with van der Waals surface area (Å²) in [6, 6.07) is 10.0. The lowest BCUT2D eigenvalue weighted by molar-refractivity contribution is -0.117. The van der Waals surface area contributed by atoms with Crippen molar-refractivity contribution in [3.63, 3.8) is 0 Å². The first-order valence-electron chi connectivity index (χ1n) is 9.51. The number of anilines is 1. The van der Waals surface area contributed by atoms with Gasteiger partial charge in [0.1, 0.15) is 5.52 Å². The van der Waals surface area contributed by atoms with Crippen LogP contribution in [0.3, 0.4) is 0 Å². The lowest BCUT2D eigenvalue weighted by atomic mass is 10.0. The average Bonchev–Trinajstić information content (AvgIpc) is 3.40. The Kier molecular flexibility index (Phi) is 4.01. The summed E-state index contributed by atoms with van der Waals surface area (Å²) in [7, 11) is 1.72. The van der Waals surface area contributed by atoms with E-state index in [4.69, 9.17) is 0 Å². The predicted molar refractivity (Wildman–Crippen MR) is 112 cm³/mol. The Morgan fingerprint density at radius 2 is 1.79 bits per heavy atom. The molecule has 1 aliphatic rings. The number of hydrogen-bond acceptors (Lipinski definition) is 4. The number of benzene rings is 1. The first kappa shape index (κ1) is 17.4. The third-order valence-electron chi connectivity index (χ3n) is 5.42. The molecule has 4 heterocycles. The first-order valence-corrected chi connectivity index (χ1v) is 9.51. The molecule has 1 N–H and O–H groups in total. The van der Waals surface area contributed by atoms with Crippen molar-refractivity contribution in [1.82, 2.24) is 19.7 Å². The molecule has 1 amide bonds. The molecule has 1 aliphatic heterocycles. The van der Waals surface area contributed by atoms with E-state index in [2.05, 4.69) is 21.2 Å². The molecule has 1 saturated heterocycles. The van der Waals surface area contributed by atoms with Crippen LogP contribution in [0.4, 0.5) is 5.69 Å². The molecule has 3 aromatic heterocycles. The number of carbonyl (C=O) groups is 1. The fourth-order valence-corrected chi connectivity index (χ4v) is 3.88. The highest BCUT2D eigenvalue weighted by Crippen LogP contribution is 2.30. The van der Waals surface area contributed by atoms with E-state index in [9.17, 15) is 9.59 Å². The third kappa shape index (κ3) is 2.91.